The van der Waals surface area contributed by atoms with Gasteiger partial charge in [-0.3, -0.25) is 4.79 Å². The molecule has 2 aliphatic rings. The first-order chi connectivity index (χ1) is 6.01. The SMILES string of the molecule is Cl.O=C(O)C12CCC(CNC1)C2(F)F. The van der Waals surface area contributed by atoms with Crippen molar-refractivity contribution >= 4 is 18.4 Å². The molecule has 3 nitrogen and oxygen atoms in total. The third-order valence-electron chi connectivity index (χ3n) is 3.30. The van der Waals surface area contributed by atoms with Gasteiger partial charge in [-0.15, -0.1) is 12.4 Å². The van der Waals surface area contributed by atoms with E-state index in [0.717, 1.165) is 0 Å². The lowest BCUT2D eigenvalue weighted by molar-refractivity contribution is -0.184. The summed E-state index contributed by atoms with van der Waals surface area (Å²) in [5.74, 6) is -5.20. The second-order valence-corrected chi connectivity index (χ2v) is 3.88. The molecule has 0 aromatic carbocycles. The van der Waals surface area contributed by atoms with Crippen LogP contribution in [0.4, 0.5) is 8.78 Å². The van der Waals surface area contributed by atoms with Crippen molar-refractivity contribution in [1.29, 1.82) is 0 Å². The van der Waals surface area contributed by atoms with Gasteiger partial charge in [-0.05, 0) is 12.8 Å². The minimum absolute atomic E-state index is 0. The zero-order valence-electron chi connectivity index (χ0n) is 7.43. The lowest BCUT2D eigenvalue weighted by atomic mass is 9.79. The first kappa shape index (κ1) is 11.7. The molecule has 2 rings (SSSR count). The summed E-state index contributed by atoms with van der Waals surface area (Å²) in [6.07, 6.45) is 0.402. The highest BCUT2D eigenvalue weighted by atomic mass is 35.5. The third kappa shape index (κ3) is 1.15. The van der Waals surface area contributed by atoms with Crippen LogP contribution in [-0.4, -0.2) is 30.1 Å². The molecule has 14 heavy (non-hydrogen) atoms. The van der Waals surface area contributed by atoms with E-state index in [-0.39, 0.29) is 31.9 Å². The van der Waals surface area contributed by atoms with Gasteiger partial charge < -0.3 is 10.4 Å². The Morgan fingerprint density at radius 1 is 1.50 bits per heavy atom. The number of carboxylic acid groups (broad SMARTS) is 1. The molecule has 0 radical (unpaired) electrons. The molecule has 82 valence electrons. The van der Waals surface area contributed by atoms with Gasteiger partial charge in [0, 0.05) is 19.0 Å². The van der Waals surface area contributed by atoms with Crippen LogP contribution in [0.2, 0.25) is 0 Å². The average molecular weight is 228 g/mol. The zero-order valence-corrected chi connectivity index (χ0v) is 8.24. The maximum Gasteiger partial charge on any atom is 0.317 e. The van der Waals surface area contributed by atoms with Crippen molar-refractivity contribution in [2.75, 3.05) is 13.1 Å². The van der Waals surface area contributed by atoms with Crippen molar-refractivity contribution in [2.24, 2.45) is 11.3 Å². The summed E-state index contributed by atoms with van der Waals surface area (Å²) in [5, 5.41) is 11.6. The van der Waals surface area contributed by atoms with Crippen molar-refractivity contribution < 1.29 is 18.7 Å². The van der Waals surface area contributed by atoms with Crippen LogP contribution in [0.3, 0.4) is 0 Å². The Labute approximate surface area is 86.3 Å². The second-order valence-electron chi connectivity index (χ2n) is 3.88. The summed E-state index contributed by atoms with van der Waals surface area (Å²) in [6.45, 7) is 0.133. The fourth-order valence-electron chi connectivity index (χ4n) is 2.38. The Bertz CT molecular complexity index is 258. The predicted molar refractivity (Wildman–Crippen MR) is 47.9 cm³/mol. The monoisotopic (exact) mass is 227 g/mol. The van der Waals surface area contributed by atoms with E-state index in [0.29, 0.717) is 6.42 Å². The smallest absolute Gasteiger partial charge is 0.317 e. The van der Waals surface area contributed by atoms with E-state index >= 15 is 0 Å². The van der Waals surface area contributed by atoms with Gasteiger partial charge >= 0.3 is 5.97 Å². The number of rotatable bonds is 1. The third-order valence-corrected chi connectivity index (χ3v) is 3.30. The Morgan fingerprint density at radius 3 is 2.64 bits per heavy atom. The van der Waals surface area contributed by atoms with Crippen LogP contribution in [0, 0.1) is 11.3 Å². The lowest BCUT2D eigenvalue weighted by Gasteiger charge is -2.37. The van der Waals surface area contributed by atoms with Crippen molar-refractivity contribution in [3.05, 3.63) is 0 Å². The molecule has 0 spiro atoms. The summed E-state index contributed by atoms with van der Waals surface area (Å²) in [5.41, 5.74) is -1.84. The number of fused-ring (bicyclic) bond motifs is 2. The predicted octanol–water partition coefficient (Wildman–Crippen LogP) is 1.13. The summed E-state index contributed by atoms with van der Waals surface area (Å²) in [7, 11) is 0. The van der Waals surface area contributed by atoms with Crippen LogP contribution in [0.1, 0.15) is 12.8 Å². The van der Waals surface area contributed by atoms with Crippen LogP contribution < -0.4 is 5.32 Å². The maximum atomic E-state index is 13.5. The highest BCUT2D eigenvalue weighted by Gasteiger charge is 2.68. The van der Waals surface area contributed by atoms with Crippen LogP contribution in [0.5, 0.6) is 0 Å². The molecular weight excluding hydrogens is 216 g/mol. The van der Waals surface area contributed by atoms with E-state index in [4.69, 9.17) is 5.11 Å². The first-order valence-electron chi connectivity index (χ1n) is 4.33. The van der Waals surface area contributed by atoms with Gasteiger partial charge in [0.15, 0.2) is 0 Å². The Morgan fingerprint density at radius 2 is 2.14 bits per heavy atom. The molecule has 0 aromatic heterocycles. The minimum Gasteiger partial charge on any atom is -0.481 e. The van der Waals surface area contributed by atoms with Gasteiger partial charge in [0.25, 0.3) is 5.92 Å². The number of carbonyl (C=O) groups is 1. The van der Waals surface area contributed by atoms with Crippen LogP contribution in [-0.2, 0) is 4.79 Å². The van der Waals surface area contributed by atoms with Gasteiger partial charge in [0.2, 0.25) is 0 Å². The molecule has 1 saturated carbocycles. The molecule has 1 aliphatic heterocycles. The largest absolute Gasteiger partial charge is 0.481 e. The topological polar surface area (TPSA) is 49.3 Å². The molecule has 1 aliphatic carbocycles. The zero-order chi connectivity index (χ0) is 9.69. The normalized spacial score (nSPS) is 38.9. The second kappa shape index (κ2) is 3.31. The number of halogens is 3. The van der Waals surface area contributed by atoms with Gasteiger partial charge in [-0.2, -0.15) is 0 Å². The van der Waals surface area contributed by atoms with E-state index in [1.807, 2.05) is 0 Å². The quantitative estimate of drug-likeness (QED) is 0.706. The minimum atomic E-state index is -3.04. The van der Waals surface area contributed by atoms with Crippen LogP contribution in [0.25, 0.3) is 0 Å². The fourth-order valence-corrected chi connectivity index (χ4v) is 2.38. The van der Waals surface area contributed by atoms with E-state index < -0.39 is 23.2 Å². The summed E-state index contributed by atoms with van der Waals surface area (Å²) in [6, 6.07) is 0. The maximum absolute atomic E-state index is 13.5. The molecule has 2 unspecified atom stereocenters. The van der Waals surface area contributed by atoms with Gasteiger partial charge in [-0.1, -0.05) is 0 Å². The van der Waals surface area contributed by atoms with Crippen LogP contribution in [0.15, 0.2) is 0 Å². The lowest BCUT2D eigenvalue weighted by Crippen LogP contribution is -2.58. The number of alkyl halides is 2. The number of piperidine rings is 1. The van der Waals surface area contributed by atoms with Crippen molar-refractivity contribution in [1.82, 2.24) is 5.32 Å². The number of nitrogens with one attached hydrogen (secondary N) is 1. The molecule has 6 heteroatoms. The standard InChI is InChI=1S/C8H11F2NO2.ClH/c9-8(10)5-1-2-7(8,6(12)13)4-11-3-5;/h5,11H,1-4H2,(H,12,13);1H. The Kier molecular flexibility index (Phi) is 2.75. The van der Waals surface area contributed by atoms with Gasteiger partial charge in [-0.25, -0.2) is 8.78 Å². The molecule has 2 bridgehead atoms. The van der Waals surface area contributed by atoms with Crippen LogP contribution >= 0.6 is 12.4 Å². The molecule has 1 heterocycles. The highest BCUT2D eigenvalue weighted by Crippen LogP contribution is 2.55. The van der Waals surface area contributed by atoms with E-state index in [9.17, 15) is 13.6 Å². The average Bonchev–Trinajstić information content (AvgIpc) is 2.23. The fraction of sp³-hybridized carbons (Fsp3) is 0.875. The number of aliphatic carboxylic acids is 1. The summed E-state index contributed by atoms with van der Waals surface area (Å²) < 4.78 is 27.1. The number of hydrogen-bond donors (Lipinski definition) is 2. The number of hydrogen-bond acceptors (Lipinski definition) is 2. The Balaban J connectivity index is 0.000000980. The summed E-state index contributed by atoms with van der Waals surface area (Å²) >= 11 is 0. The van der Waals surface area contributed by atoms with Gasteiger partial charge in [0.05, 0.1) is 0 Å². The molecule has 0 amide bonds. The molecule has 1 saturated heterocycles. The first-order valence-corrected chi connectivity index (χ1v) is 4.33. The van der Waals surface area contributed by atoms with Crippen molar-refractivity contribution in [2.45, 2.75) is 18.8 Å². The molecular formula is C8H12ClF2NO2. The van der Waals surface area contributed by atoms with Crippen molar-refractivity contribution in [3.8, 4) is 0 Å². The van der Waals surface area contributed by atoms with E-state index in [1.54, 1.807) is 0 Å². The molecule has 2 N–H and O–H groups in total. The number of carboxylic acids is 1. The van der Waals surface area contributed by atoms with E-state index in [1.165, 1.54) is 0 Å². The molecule has 2 fully saturated rings. The van der Waals surface area contributed by atoms with Crippen molar-refractivity contribution in [3.63, 3.8) is 0 Å². The summed E-state index contributed by atoms with van der Waals surface area (Å²) in [4.78, 5) is 10.8. The molecule has 0 aromatic rings. The van der Waals surface area contributed by atoms with E-state index in [2.05, 4.69) is 5.32 Å². The Hall–Kier alpha value is -0.420. The van der Waals surface area contributed by atoms with Gasteiger partial charge in [0.1, 0.15) is 5.41 Å². The highest BCUT2D eigenvalue weighted by molar-refractivity contribution is 5.85. The molecule has 2 atom stereocenters.